The van der Waals surface area contributed by atoms with Gasteiger partial charge in [0.2, 0.25) is 0 Å². The summed E-state index contributed by atoms with van der Waals surface area (Å²) in [6.07, 6.45) is 0. The number of rotatable bonds is 2. The Bertz CT molecular complexity index is 774. The third-order valence-electron chi connectivity index (χ3n) is 3.18. The molecular weight excluding hydrogens is 307 g/mol. The van der Waals surface area contributed by atoms with Crippen LogP contribution in [0.3, 0.4) is 0 Å². The Morgan fingerprint density at radius 2 is 1.57 bits per heavy atom. The number of anilines is 1. The molecule has 3 nitrogen and oxygen atoms in total. The number of benzene rings is 2. The highest BCUT2D eigenvalue weighted by molar-refractivity contribution is 6.35. The van der Waals surface area contributed by atoms with E-state index in [0.717, 1.165) is 16.7 Å². The van der Waals surface area contributed by atoms with E-state index in [2.05, 4.69) is 5.16 Å². The van der Waals surface area contributed by atoms with Gasteiger partial charge < -0.3 is 10.3 Å². The van der Waals surface area contributed by atoms with E-state index in [1.165, 1.54) is 5.56 Å². The molecule has 0 fully saturated rings. The summed E-state index contributed by atoms with van der Waals surface area (Å²) in [5, 5.41) is 4.93. The monoisotopic (exact) mass is 318 g/mol. The van der Waals surface area contributed by atoms with Gasteiger partial charge in [-0.25, -0.2) is 0 Å². The molecule has 0 aliphatic heterocycles. The highest BCUT2D eigenvalue weighted by Gasteiger charge is 2.18. The Hall–Kier alpha value is -1.97. The second-order valence-corrected chi connectivity index (χ2v) is 5.67. The molecule has 0 amide bonds. The molecule has 3 aromatic rings. The highest BCUT2D eigenvalue weighted by Crippen LogP contribution is 2.38. The number of aromatic nitrogens is 1. The van der Waals surface area contributed by atoms with Gasteiger partial charge in [0.25, 0.3) is 0 Å². The Kier molecular flexibility index (Phi) is 3.62. The Morgan fingerprint density at radius 3 is 2.19 bits per heavy atom. The van der Waals surface area contributed by atoms with Crippen LogP contribution >= 0.6 is 23.2 Å². The molecule has 0 bridgehead atoms. The van der Waals surface area contributed by atoms with E-state index < -0.39 is 0 Å². The third-order valence-corrected chi connectivity index (χ3v) is 3.62. The smallest absolute Gasteiger partial charge is 0.177 e. The van der Waals surface area contributed by atoms with E-state index in [0.29, 0.717) is 21.6 Å². The lowest BCUT2D eigenvalue weighted by molar-refractivity contribution is 0.436. The zero-order valence-corrected chi connectivity index (χ0v) is 12.7. The number of nitrogens with zero attached hydrogens (tertiary/aromatic N) is 1. The summed E-state index contributed by atoms with van der Waals surface area (Å²) in [4.78, 5) is 0. The fourth-order valence-electron chi connectivity index (χ4n) is 2.18. The molecule has 21 heavy (non-hydrogen) atoms. The van der Waals surface area contributed by atoms with Gasteiger partial charge >= 0.3 is 0 Å². The minimum Gasteiger partial charge on any atom is -0.380 e. The lowest BCUT2D eigenvalue weighted by Gasteiger charge is -2.04. The van der Waals surface area contributed by atoms with E-state index in [9.17, 15) is 0 Å². The molecule has 106 valence electrons. The highest BCUT2D eigenvalue weighted by atomic mass is 35.5. The van der Waals surface area contributed by atoms with Gasteiger partial charge in [-0.15, -0.1) is 0 Å². The Balaban J connectivity index is 2.19. The van der Waals surface area contributed by atoms with Crippen molar-refractivity contribution in [2.75, 3.05) is 5.73 Å². The average Bonchev–Trinajstić information content (AvgIpc) is 2.80. The van der Waals surface area contributed by atoms with Crippen molar-refractivity contribution in [3.05, 3.63) is 58.1 Å². The molecular formula is C16H12Cl2N2O. The molecule has 0 saturated heterocycles. The molecule has 3 rings (SSSR count). The van der Waals surface area contributed by atoms with Crippen LogP contribution in [-0.4, -0.2) is 5.16 Å². The first-order valence-corrected chi connectivity index (χ1v) is 7.09. The van der Waals surface area contributed by atoms with Gasteiger partial charge in [0.15, 0.2) is 11.6 Å². The number of hydrogen-bond acceptors (Lipinski definition) is 3. The van der Waals surface area contributed by atoms with Gasteiger partial charge in [-0.1, -0.05) is 58.2 Å². The summed E-state index contributed by atoms with van der Waals surface area (Å²) in [6.45, 7) is 2.03. The Morgan fingerprint density at radius 1 is 0.952 bits per heavy atom. The standard InChI is InChI=1S/C16H12Cl2N2O/c1-9-2-4-10(5-3-9)14-15(21-20-16(14)19)11-6-12(17)8-13(18)7-11/h2-8H,1H3,(H2,19,20). The van der Waals surface area contributed by atoms with Crippen molar-refractivity contribution in [3.63, 3.8) is 0 Å². The van der Waals surface area contributed by atoms with Gasteiger partial charge in [-0.3, -0.25) is 0 Å². The molecule has 2 N–H and O–H groups in total. The van der Waals surface area contributed by atoms with Crippen LogP contribution in [0.25, 0.3) is 22.5 Å². The van der Waals surface area contributed by atoms with Crippen molar-refractivity contribution in [1.29, 1.82) is 0 Å². The lowest BCUT2D eigenvalue weighted by atomic mass is 10.0. The molecule has 0 saturated carbocycles. The maximum Gasteiger partial charge on any atom is 0.177 e. The third kappa shape index (κ3) is 2.75. The quantitative estimate of drug-likeness (QED) is 0.706. The van der Waals surface area contributed by atoms with Gasteiger partial charge in [0, 0.05) is 15.6 Å². The zero-order valence-electron chi connectivity index (χ0n) is 11.2. The molecule has 1 aromatic heterocycles. The molecule has 0 radical (unpaired) electrons. The summed E-state index contributed by atoms with van der Waals surface area (Å²) < 4.78 is 5.38. The van der Waals surface area contributed by atoms with Crippen LogP contribution in [0.1, 0.15) is 5.56 Å². The fraction of sp³-hybridized carbons (Fsp3) is 0.0625. The predicted octanol–water partition coefficient (Wildman–Crippen LogP) is 5.21. The van der Waals surface area contributed by atoms with Gasteiger partial charge in [-0.05, 0) is 30.7 Å². The average molecular weight is 319 g/mol. The van der Waals surface area contributed by atoms with Crippen molar-refractivity contribution in [2.24, 2.45) is 0 Å². The second kappa shape index (κ2) is 5.43. The molecule has 2 aromatic carbocycles. The van der Waals surface area contributed by atoms with E-state index in [1.807, 2.05) is 31.2 Å². The van der Waals surface area contributed by atoms with Crippen LogP contribution in [0, 0.1) is 6.92 Å². The summed E-state index contributed by atoms with van der Waals surface area (Å²) in [5.74, 6) is 0.894. The van der Waals surface area contributed by atoms with Crippen LogP contribution in [0.5, 0.6) is 0 Å². The van der Waals surface area contributed by atoms with Crippen LogP contribution < -0.4 is 5.73 Å². The summed E-state index contributed by atoms with van der Waals surface area (Å²) >= 11 is 12.1. The summed E-state index contributed by atoms with van der Waals surface area (Å²) in [6, 6.07) is 13.2. The van der Waals surface area contributed by atoms with Crippen LogP contribution in [0.4, 0.5) is 5.82 Å². The largest absolute Gasteiger partial charge is 0.380 e. The minimum atomic E-state index is 0.338. The Labute approximate surface area is 132 Å². The maximum absolute atomic E-state index is 6.05. The first kappa shape index (κ1) is 14.0. The molecule has 0 unspecified atom stereocenters. The van der Waals surface area contributed by atoms with Crippen molar-refractivity contribution in [3.8, 4) is 22.5 Å². The van der Waals surface area contributed by atoms with Gasteiger partial charge in [0.05, 0.1) is 5.56 Å². The van der Waals surface area contributed by atoms with E-state index in [1.54, 1.807) is 18.2 Å². The number of hydrogen-bond donors (Lipinski definition) is 1. The zero-order chi connectivity index (χ0) is 15.0. The number of aryl methyl sites for hydroxylation is 1. The van der Waals surface area contributed by atoms with Crippen LogP contribution in [0.2, 0.25) is 10.0 Å². The molecule has 0 atom stereocenters. The summed E-state index contributed by atoms with van der Waals surface area (Å²) in [7, 11) is 0. The topological polar surface area (TPSA) is 52.0 Å². The molecule has 0 aliphatic carbocycles. The minimum absolute atomic E-state index is 0.338. The SMILES string of the molecule is Cc1ccc(-c2c(N)noc2-c2cc(Cl)cc(Cl)c2)cc1. The van der Waals surface area contributed by atoms with E-state index in [-0.39, 0.29) is 0 Å². The van der Waals surface area contributed by atoms with E-state index >= 15 is 0 Å². The van der Waals surface area contributed by atoms with Crippen molar-refractivity contribution in [1.82, 2.24) is 5.16 Å². The molecule has 1 heterocycles. The number of halogens is 2. The maximum atomic E-state index is 6.05. The van der Waals surface area contributed by atoms with Crippen molar-refractivity contribution in [2.45, 2.75) is 6.92 Å². The second-order valence-electron chi connectivity index (χ2n) is 4.80. The van der Waals surface area contributed by atoms with Crippen molar-refractivity contribution < 1.29 is 4.52 Å². The van der Waals surface area contributed by atoms with Gasteiger partial charge in [-0.2, -0.15) is 0 Å². The summed E-state index contributed by atoms with van der Waals surface area (Å²) in [5.41, 5.74) is 9.54. The molecule has 0 spiro atoms. The van der Waals surface area contributed by atoms with Crippen LogP contribution in [-0.2, 0) is 0 Å². The number of nitrogen functional groups attached to an aromatic ring is 1. The first-order valence-electron chi connectivity index (χ1n) is 6.33. The first-order chi connectivity index (χ1) is 10.0. The molecule has 0 aliphatic rings. The van der Waals surface area contributed by atoms with E-state index in [4.69, 9.17) is 33.5 Å². The van der Waals surface area contributed by atoms with Gasteiger partial charge in [0.1, 0.15) is 0 Å². The normalized spacial score (nSPS) is 10.8. The predicted molar refractivity (Wildman–Crippen MR) is 86.5 cm³/mol. The van der Waals surface area contributed by atoms with Crippen molar-refractivity contribution >= 4 is 29.0 Å². The van der Waals surface area contributed by atoms with Crippen LogP contribution in [0.15, 0.2) is 47.0 Å². The molecule has 5 heteroatoms. The number of nitrogens with two attached hydrogens (primary N) is 1. The fourth-order valence-corrected chi connectivity index (χ4v) is 2.71. The lowest BCUT2D eigenvalue weighted by Crippen LogP contribution is -1.89.